The third-order valence-electron chi connectivity index (χ3n) is 9.53. The van der Waals surface area contributed by atoms with E-state index in [9.17, 15) is 18.4 Å². The van der Waals surface area contributed by atoms with Crippen molar-refractivity contribution in [2.24, 2.45) is 5.41 Å². The fraction of sp³-hybridized carbons (Fsp3) is 0.419. The van der Waals surface area contributed by atoms with Crippen LogP contribution in [-0.2, 0) is 27.4 Å². The zero-order chi connectivity index (χ0) is 37.8. The average molecular weight is 712 g/mol. The van der Waals surface area contributed by atoms with E-state index in [4.69, 9.17) is 14.5 Å². The topological polar surface area (TPSA) is 72.0 Å². The van der Waals surface area contributed by atoms with Crippen molar-refractivity contribution in [1.29, 1.82) is 0 Å². The molecule has 276 valence electrons. The fourth-order valence-electron chi connectivity index (χ4n) is 6.75. The molecule has 2 heterocycles. The van der Waals surface area contributed by atoms with Crippen LogP contribution in [0.25, 0.3) is 11.1 Å². The van der Waals surface area contributed by atoms with Gasteiger partial charge in [0.15, 0.2) is 6.10 Å². The number of hydrogen-bond acceptors (Lipinski definition) is 6. The molecule has 52 heavy (non-hydrogen) atoms. The normalized spacial score (nSPS) is 14.9. The molecular weight excluding hydrogens is 660 g/mol. The highest BCUT2D eigenvalue weighted by molar-refractivity contribution is 5.94. The van der Waals surface area contributed by atoms with Crippen LogP contribution in [0.3, 0.4) is 0 Å². The molecule has 7 nitrogen and oxygen atoms in total. The molecule has 0 aliphatic carbocycles. The number of pyridine rings is 1. The first kappa shape index (κ1) is 38.6. The molecule has 0 unspecified atom stereocenters. The molecule has 0 radical (unpaired) electrons. The number of hydrogen-bond donors (Lipinski definition) is 0. The smallest absolute Gasteiger partial charge is 0.340 e. The van der Waals surface area contributed by atoms with Crippen LogP contribution in [0.2, 0.25) is 0 Å². The van der Waals surface area contributed by atoms with Crippen molar-refractivity contribution in [1.82, 2.24) is 9.88 Å². The van der Waals surface area contributed by atoms with Gasteiger partial charge in [0.05, 0.1) is 17.9 Å². The second-order valence-electron chi connectivity index (χ2n) is 15.4. The van der Waals surface area contributed by atoms with Crippen molar-refractivity contribution in [3.8, 4) is 11.1 Å². The molecule has 0 saturated carbocycles. The minimum absolute atomic E-state index is 0.198. The van der Waals surface area contributed by atoms with Crippen LogP contribution in [0, 0.1) is 30.9 Å². The predicted octanol–water partition coefficient (Wildman–Crippen LogP) is 9.53. The van der Waals surface area contributed by atoms with Crippen LogP contribution in [0.1, 0.15) is 98.9 Å². The van der Waals surface area contributed by atoms with Crippen molar-refractivity contribution in [2.75, 3.05) is 24.6 Å². The van der Waals surface area contributed by atoms with Gasteiger partial charge in [-0.1, -0.05) is 50.2 Å². The molecule has 1 saturated heterocycles. The average Bonchev–Trinajstić information content (AvgIpc) is 3.08. The summed E-state index contributed by atoms with van der Waals surface area (Å²) in [7, 11) is 0. The van der Waals surface area contributed by atoms with Crippen LogP contribution in [0.15, 0.2) is 72.8 Å². The van der Waals surface area contributed by atoms with Gasteiger partial charge >= 0.3 is 5.97 Å². The maximum Gasteiger partial charge on any atom is 0.340 e. The van der Waals surface area contributed by atoms with E-state index in [-0.39, 0.29) is 36.8 Å². The number of aromatic nitrogens is 1. The molecule has 0 bridgehead atoms. The summed E-state index contributed by atoms with van der Waals surface area (Å²) in [6.45, 7) is 18.4. The van der Waals surface area contributed by atoms with Crippen LogP contribution >= 0.6 is 0 Å². The molecular formula is C43H51F2N3O4. The Balaban J connectivity index is 1.57. The van der Waals surface area contributed by atoms with Gasteiger partial charge in [0.2, 0.25) is 0 Å². The molecule has 1 amide bonds. The highest BCUT2D eigenvalue weighted by atomic mass is 19.1. The van der Waals surface area contributed by atoms with Crippen molar-refractivity contribution in [3.63, 3.8) is 0 Å². The number of rotatable bonds is 11. The SMILES string of the molecule is CCOC(=O)[C@@H](OC(C)(C)C)c1c(C)nc(C)c(-c2ccc(CN(Cc3ccc(F)cc3)C(=O)c3ccc(F)cc3)cc2)c1N1CCC(C)(C)CC1. The van der Waals surface area contributed by atoms with Gasteiger partial charge < -0.3 is 19.3 Å². The van der Waals surface area contributed by atoms with Crippen molar-refractivity contribution in [2.45, 2.75) is 93.0 Å². The Hall–Kier alpha value is -4.63. The minimum Gasteiger partial charge on any atom is -0.464 e. The van der Waals surface area contributed by atoms with Crippen LogP contribution in [0.4, 0.5) is 14.5 Å². The van der Waals surface area contributed by atoms with Gasteiger partial charge in [-0.05, 0) is 113 Å². The largest absolute Gasteiger partial charge is 0.464 e. The molecule has 3 aromatic carbocycles. The van der Waals surface area contributed by atoms with Gasteiger partial charge in [-0.15, -0.1) is 0 Å². The first-order chi connectivity index (χ1) is 24.5. The van der Waals surface area contributed by atoms with Crippen molar-refractivity contribution < 1.29 is 27.8 Å². The summed E-state index contributed by atoms with van der Waals surface area (Å²) >= 11 is 0. The zero-order valence-electron chi connectivity index (χ0n) is 31.7. The fourth-order valence-corrected chi connectivity index (χ4v) is 6.75. The number of carbonyl (C=O) groups excluding carboxylic acids is 2. The van der Waals surface area contributed by atoms with E-state index in [0.717, 1.165) is 65.3 Å². The first-order valence-electron chi connectivity index (χ1n) is 18.0. The molecule has 0 spiro atoms. The Labute approximate surface area is 307 Å². The number of amides is 1. The van der Waals surface area contributed by atoms with E-state index < -0.39 is 23.5 Å². The lowest BCUT2D eigenvalue weighted by Gasteiger charge is -2.41. The Morgan fingerprint density at radius 2 is 1.37 bits per heavy atom. The summed E-state index contributed by atoms with van der Waals surface area (Å²) in [4.78, 5) is 36.4. The summed E-state index contributed by atoms with van der Waals surface area (Å²) in [5.41, 5.74) is 6.60. The van der Waals surface area contributed by atoms with E-state index in [1.807, 2.05) is 58.9 Å². The molecule has 1 aromatic heterocycles. The van der Waals surface area contributed by atoms with E-state index >= 15 is 0 Å². The number of esters is 1. The minimum atomic E-state index is -0.978. The van der Waals surface area contributed by atoms with Gasteiger partial charge in [-0.3, -0.25) is 9.78 Å². The first-order valence-corrected chi connectivity index (χ1v) is 18.0. The van der Waals surface area contributed by atoms with Crippen molar-refractivity contribution in [3.05, 3.63) is 118 Å². The molecule has 1 aliphatic rings. The molecule has 9 heteroatoms. The highest BCUT2D eigenvalue weighted by Crippen LogP contribution is 2.45. The van der Waals surface area contributed by atoms with Crippen LogP contribution < -0.4 is 4.90 Å². The standard InChI is InChI=1S/C43H51F2N3O4/c1-9-51-41(50)39(52-42(4,5)6)37-29(3)46-28(2)36(38(37)47-24-22-43(7,8)23-25-47)32-14-10-30(11-15-32)26-48(27-31-12-18-34(44)19-13-31)40(49)33-16-20-35(45)21-17-33/h10-21,39H,9,22-27H2,1-8H3/t39-/m0/s1. The van der Waals surface area contributed by atoms with Gasteiger partial charge in [0, 0.05) is 54.3 Å². The second-order valence-corrected chi connectivity index (χ2v) is 15.4. The number of anilines is 1. The number of piperidine rings is 1. The lowest BCUT2D eigenvalue weighted by atomic mass is 9.81. The summed E-state index contributed by atoms with van der Waals surface area (Å²) in [5.74, 6) is -1.49. The number of benzene rings is 3. The number of aryl methyl sites for hydroxylation is 2. The van der Waals surface area contributed by atoms with Crippen LogP contribution in [-0.4, -0.2) is 47.1 Å². The van der Waals surface area contributed by atoms with Gasteiger partial charge in [0.1, 0.15) is 11.6 Å². The number of nitrogens with zero attached hydrogens (tertiary/aromatic N) is 3. The second kappa shape index (κ2) is 15.9. The van der Waals surface area contributed by atoms with Gasteiger partial charge in [-0.2, -0.15) is 0 Å². The molecule has 4 aromatic rings. The predicted molar refractivity (Wildman–Crippen MR) is 201 cm³/mol. The van der Waals surface area contributed by atoms with E-state index in [0.29, 0.717) is 11.1 Å². The number of ether oxygens (including phenoxy) is 2. The van der Waals surface area contributed by atoms with E-state index in [2.05, 4.69) is 18.7 Å². The Bertz CT molecular complexity index is 1860. The lowest BCUT2D eigenvalue weighted by molar-refractivity contribution is -0.166. The summed E-state index contributed by atoms with van der Waals surface area (Å²) in [5, 5.41) is 0. The van der Waals surface area contributed by atoms with E-state index in [1.165, 1.54) is 36.4 Å². The molecule has 1 fully saturated rings. The quantitative estimate of drug-likeness (QED) is 0.144. The third-order valence-corrected chi connectivity index (χ3v) is 9.53. The van der Waals surface area contributed by atoms with Crippen molar-refractivity contribution >= 4 is 17.6 Å². The van der Waals surface area contributed by atoms with Gasteiger partial charge in [-0.25, -0.2) is 13.6 Å². The summed E-state index contributed by atoms with van der Waals surface area (Å²) < 4.78 is 39.5. The molecule has 1 atom stereocenters. The molecule has 1 aliphatic heterocycles. The Morgan fingerprint density at radius 3 is 1.88 bits per heavy atom. The molecule has 5 rings (SSSR count). The maximum atomic E-state index is 13.7. The zero-order valence-corrected chi connectivity index (χ0v) is 31.7. The number of carbonyl (C=O) groups is 2. The monoisotopic (exact) mass is 711 g/mol. The Morgan fingerprint density at radius 1 is 0.846 bits per heavy atom. The number of halogens is 2. The lowest BCUT2D eigenvalue weighted by Crippen LogP contribution is -2.39. The van der Waals surface area contributed by atoms with Gasteiger partial charge in [0.25, 0.3) is 5.91 Å². The summed E-state index contributed by atoms with van der Waals surface area (Å²) in [6, 6.07) is 19.6. The summed E-state index contributed by atoms with van der Waals surface area (Å²) in [6.07, 6.45) is 0.997. The maximum absolute atomic E-state index is 13.7. The van der Waals surface area contributed by atoms with Crippen LogP contribution in [0.5, 0.6) is 0 Å². The third kappa shape index (κ3) is 9.42. The Kier molecular flexibility index (Phi) is 11.8. The van der Waals surface area contributed by atoms with E-state index in [1.54, 1.807) is 24.0 Å². The molecule has 0 N–H and O–H groups in total. The highest BCUT2D eigenvalue weighted by Gasteiger charge is 2.37.